The van der Waals surface area contributed by atoms with Gasteiger partial charge in [-0.15, -0.1) is 0 Å². The highest BCUT2D eigenvalue weighted by atomic mass is 127. The zero-order chi connectivity index (χ0) is 10.7. The summed E-state index contributed by atoms with van der Waals surface area (Å²) in [6.45, 7) is 0. The van der Waals surface area contributed by atoms with Gasteiger partial charge in [-0.1, -0.05) is 6.42 Å². The topological polar surface area (TPSA) is 29.5 Å². The number of ether oxygens (including phenoxy) is 1. The molecule has 0 aliphatic heterocycles. The summed E-state index contributed by atoms with van der Waals surface area (Å²) in [6, 6.07) is 5.39. The monoisotopic (exact) mass is 318 g/mol. The van der Waals surface area contributed by atoms with Crippen molar-refractivity contribution in [3.63, 3.8) is 0 Å². The molecule has 82 valence electrons. The second-order valence-electron chi connectivity index (χ2n) is 4.02. The molecule has 2 nitrogen and oxygen atoms in total. The minimum absolute atomic E-state index is 0.285. The van der Waals surface area contributed by atoms with Crippen molar-refractivity contribution in [3.05, 3.63) is 21.8 Å². The second kappa shape index (κ2) is 5.05. The highest BCUT2D eigenvalue weighted by molar-refractivity contribution is 14.1. The van der Waals surface area contributed by atoms with Crippen molar-refractivity contribution >= 4 is 22.6 Å². The summed E-state index contributed by atoms with van der Waals surface area (Å²) in [5.41, 5.74) is 0. The van der Waals surface area contributed by atoms with Crippen LogP contribution in [-0.2, 0) is 0 Å². The Labute approximate surface area is 104 Å². The van der Waals surface area contributed by atoms with E-state index in [1.165, 1.54) is 19.3 Å². The number of benzene rings is 1. The molecule has 1 aliphatic rings. The molecule has 3 heteroatoms. The molecule has 0 amide bonds. The summed E-state index contributed by atoms with van der Waals surface area (Å²) in [5.74, 6) is 1.08. The van der Waals surface area contributed by atoms with Crippen LogP contribution in [0.3, 0.4) is 0 Å². The van der Waals surface area contributed by atoms with Crippen LogP contribution in [0.15, 0.2) is 18.2 Å². The maximum Gasteiger partial charge on any atom is 0.124 e. The van der Waals surface area contributed by atoms with E-state index in [2.05, 4.69) is 22.6 Å². The van der Waals surface area contributed by atoms with Gasteiger partial charge in [-0.3, -0.25) is 0 Å². The van der Waals surface area contributed by atoms with Crippen molar-refractivity contribution < 1.29 is 9.84 Å². The van der Waals surface area contributed by atoms with Gasteiger partial charge in [0.05, 0.1) is 6.10 Å². The van der Waals surface area contributed by atoms with Crippen molar-refractivity contribution in [2.24, 2.45) is 0 Å². The fraction of sp³-hybridized carbons (Fsp3) is 0.500. The van der Waals surface area contributed by atoms with Crippen LogP contribution < -0.4 is 4.74 Å². The molecule has 0 unspecified atom stereocenters. The number of hydrogen-bond acceptors (Lipinski definition) is 2. The average molecular weight is 318 g/mol. The van der Waals surface area contributed by atoms with Gasteiger partial charge >= 0.3 is 0 Å². The number of phenolic OH excluding ortho intramolecular Hbond substituents is 1. The van der Waals surface area contributed by atoms with Crippen LogP contribution in [0.2, 0.25) is 0 Å². The second-order valence-corrected chi connectivity index (χ2v) is 5.27. The third-order valence-electron chi connectivity index (χ3n) is 2.71. The first-order valence-corrected chi connectivity index (χ1v) is 6.48. The maximum absolute atomic E-state index is 9.44. The van der Waals surface area contributed by atoms with Gasteiger partial charge in [0.25, 0.3) is 0 Å². The van der Waals surface area contributed by atoms with Crippen molar-refractivity contribution in [2.75, 3.05) is 0 Å². The number of hydrogen-bond donors (Lipinski definition) is 1. The van der Waals surface area contributed by atoms with Gasteiger partial charge in [-0.25, -0.2) is 0 Å². The van der Waals surface area contributed by atoms with E-state index in [-0.39, 0.29) is 5.75 Å². The van der Waals surface area contributed by atoms with Gasteiger partial charge in [0.15, 0.2) is 0 Å². The Bertz CT molecular complexity index is 312. The van der Waals surface area contributed by atoms with E-state index in [1.807, 2.05) is 6.07 Å². The quantitative estimate of drug-likeness (QED) is 0.843. The molecule has 0 bridgehead atoms. The Morgan fingerprint density at radius 3 is 2.53 bits per heavy atom. The summed E-state index contributed by atoms with van der Waals surface area (Å²) >= 11 is 2.19. The predicted octanol–water partition coefficient (Wildman–Crippen LogP) is 3.71. The largest absolute Gasteiger partial charge is 0.508 e. The van der Waals surface area contributed by atoms with Crippen LogP contribution in [-0.4, -0.2) is 11.2 Å². The molecule has 15 heavy (non-hydrogen) atoms. The number of phenols is 1. The SMILES string of the molecule is Oc1cc(I)cc(OC2CCCCC2)c1. The number of halogens is 1. The van der Waals surface area contributed by atoms with E-state index in [0.29, 0.717) is 6.10 Å². The Kier molecular flexibility index (Phi) is 3.72. The van der Waals surface area contributed by atoms with Crippen LogP contribution in [0.5, 0.6) is 11.5 Å². The van der Waals surface area contributed by atoms with Gasteiger partial charge in [0.1, 0.15) is 11.5 Å². The van der Waals surface area contributed by atoms with E-state index >= 15 is 0 Å². The minimum atomic E-state index is 0.285. The summed E-state index contributed by atoms with van der Waals surface area (Å²) in [5, 5.41) is 9.44. The standard InChI is InChI=1S/C12H15IO2/c13-9-6-10(14)8-12(7-9)15-11-4-2-1-3-5-11/h6-8,11,14H,1-5H2. The zero-order valence-corrected chi connectivity index (χ0v) is 10.7. The summed E-state index contributed by atoms with van der Waals surface area (Å²) in [7, 11) is 0. The third kappa shape index (κ3) is 3.26. The molecule has 2 rings (SSSR count). The first-order chi connectivity index (χ1) is 7.24. The normalized spacial score (nSPS) is 17.7. The molecule has 1 aliphatic carbocycles. The lowest BCUT2D eigenvalue weighted by molar-refractivity contribution is 0.154. The van der Waals surface area contributed by atoms with Gasteiger partial charge < -0.3 is 9.84 Å². The molecule has 0 spiro atoms. The van der Waals surface area contributed by atoms with Gasteiger partial charge in [-0.05, 0) is 60.4 Å². The molecule has 1 aromatic rings. The van der Waals surface area contributed by atoms with Crippen LogP contribution in [0, 0.1) is 3.57 Å². The van der Waals surface area contributed by atoms with Crippen molar-refractivity contribution in [3.8, 4) is 11.5 Å². The maximum atomic E-state index is 9.44. The van der Waals surface area contributed by atoms with Crippen molar-refractivity contribution in [2.45, 2.75) is 38.2 Å². The number of rotatable bonds is 2. The molecular weight excluding hydrogens is 303 g/mol. The Balaban J connectivity index is 2.02. The molecular formula is C12H15IO2. The molecule has 1 saturated carbocycles. The molecule has 0 radical (unpaired) electrons. The minimum Gasteiger partial charge on any atom is -0.508 e. The van der Waals surface area contributed by atoms with E-state index in [4.69, 9.17) is 4.74 Å². The first kappa shape index (κ1) is 11.0. The predicted molar refractivity (Wildman–Crippen MR) is 68.3 cm³/mol. The van der Waals surface area contributed by atoms with Crippen LogP contribution in [0.25, 0.3) is 0 Å². The fourth-order valence-electron chi connectivity index (χ4n) is 1.99. The lowest BCUT2D eigenvalue weighted by Crippen LogP contribution is -2.19. The number of aromatic hydroxyl groups is 1. The van der Waals surface area contributed by atoms with Gasteiger partial charge in [-0.2, -0.15) is 0 Å². The molecule has 0 aromatic heterocycles. The average Bonchev–Trinajstić information content (AvgIpc) is 2.17. The summed E-state index contributed by atoms with van der Waals surface area (Å²) < 4.78 is 6.86. The van der Waals surface area contributed by atoms with E-state index in [0.717, 1.165) is 22.2 Å². The highest BCUT2D eigenvalue weighted by Crippen LogP contribution is 2.27. The highest BCUT2D eigenvalue weighted by Gasteiger charge is 2.15. The van der Waals surface area contributed by atoms with Crippen molar-refractivity contribution in [1.29, 1.82) is 0 Å². The van der Waals surface area contributed by atoms with E-state index < -0.39 is 0 Å². The summed E-state index contributed by atoms with van der Waals surface area (Å²) in [4.78, 5) is 0. The Morgan fingerprint density at radius 2 is 1.87 bits per heavy atom. The summed E-state index contributed by atoms with van der Waals surface area (Å²) in [6.07, 6.45) is 6.49. The van der Waals surface area contributed by atoms with Crippen LogP contribution in [0.4, 0.5) is 0 Å². The smallest absolute Gasteiger partial charge is 0.124 e. The Hall–Kier alpha value is -0.450. The first-order valence-electron chi connectivity index (χ1n) is 5.40. The van der Waals surface area contributed by atoms with Crippen molar-refractivity contribution in [1.82, 2.24) is 0 Å². The molecule has 1 aromatic carbocycles. The molecule has 0 atom stereocenters. The lowest BCUT2D eigenvalue weighted by Gasteiger charge is -2.23. The zero-order valence-electron chi connectivity index (χ0n) is 8.58. The molecule has 1 fully saturated rings. The molecule has 1 N–H and O–H groups in total. The Morgan fingerprint density at radius 1 is 1.13 bits per heavy atom. The van der Waals surface area contributed by atoms with Crippen LogP contribution >= 0.6 is 22.6 Å². The van der Waals surface area contributed by atoms with E-state index in [9.17, 15) is 5.11 Å². The molecule has 0 saturated heterocycles. The van der Waals surface area contributed by atoms with Crippen LogP contribution in [0.1, 0.15) is 32.1 Å². The van der Waals surface area contributed by atoms with Gasteiger partial charge in [0, 0.05) is 9.64 Å². The lowest BCUT2D eigenvalue weighted by atomic mass is 9.98. The fourth-order valence-corrected chi connectivity index (χ4v) is 2.62. The van der Waals surface area contributed by atoms with E-state index in [1.54, 1.807) is 12.1 Å². The van der Waals surface area contributed by atoms with Gasteiger partial charge in [0.2, 0.25) is 0 Å². The molecule has 0 heterocycles. The third-order valence-corrected chi connectivity index (χ3v) is 3.33.